The topological polar surface area (TPSA) is 46.2 Å². The first-order valence-electron chi connectivity index (χ1n) is 5.13. The van der Waals surface area contributed by atoms with Crippen LogP contribution in [-0.4, -0.2) is 5.11 Å². The molecule has 1 saturated carbocycles. The molecule has 1 aromatic carbocycles. The summed E-state index contributed by atoms with van der Waals surface area (Å²) in [5.74, 6) is -0.480. The number of halogens is 4. The molecule has 0 atom stereocenters. The molecule has 0 bridgehead atoms. The number of hydrogen-bond acceptors (Lipinski definition) is 2. The molecule has 0 spiro atoms. The summed E-state index contributed by atoms with van der Waals surface area (Å²) in [7, 11) is 0. The van der Waals surface area contributed by atoms with Crippen LogP contribution in [0.1, 0.15) is 30.4 Å². The van der Waals surface area contributed by atoms with Crippen molar-refractivity contribution in [1.82, 2.24) is 0 Å². The minimum absolute atomic E-state index is 0.125. The summed E-state index contributed by atoms with van der Waals surface area (Å²) < 4.78 is 37.4. The number of rotatable bonds is 1. The number of nitrogens with two attached hydrogens (primary N) is 1. The molecule has 0 saturated heterocycles. The van der Waals surface area contributed by atoms with E-state index in [1.807, 2.05) is 0 Å². The monoisotopic (exact) mass is 265 g/mol. The van der Waals surface area contributed by atoms with Crippen molar-refractivity contribution in [1.29, 1.82) is 0 Å². The fourth-order valence-electron chi connectivity index (χ4n) is 2.06. The van der Waals surface area contributed by atoms with Gasteiger partial charge in [-0.05, 0) is 31.4 Å². The van der Waals surface area contributed by atoms with Gasteiger partial charge in [0.25, 0.3) is 0 Å². The van der Waals surface area contributed by atoms with E-state index in [0.717, 1.165) is 12.5 Å². The fraction of sp³-hybridized carbons (Fsp3) is 0.455. The Bertz CT molecular complexity index is 432. The molecule has 2 rings (SSSR count). The first-order valence-corrected chi connectivity index (χ1v) is 5.51. The third-order valence-electron chi connectivity index (χ3n) is 3.14. The molecular formula is C11H11ClF3NO. The van der Waals surface area contributed by atoms with Gasteiger partial charge in [-0.2, -0.15) is 13.2 Å². The van der Waals surface area contributed by atoms with Crippen LogP contribution in [0.4, 0.5) is 13.2 Å². The Morgan fingerprint density at radius 1 is 1.29 bits per heavy atom. The maximum absolute atomic E-state index is 12.5. The van der Waals surface area contributed by atoms with Gasteiger partial charge in [0.2, 0.25) is 0 Å². The predicted octanol–water partition coefficient (Wildman–Crippen LogP) is 3.40. The number of aromatic hydroxyl groups is 1. The van der Waals surface area contributed by atoms with Gasteiger partial charge in [0.1, 0.15) is 5.75 Å². The molecule has 0 unspecified atom stereocenters. The van der Waals surface area contributed by atoms with Gasteiger partial charge in [0, 0.05) is 16.1 Å². The zero-order valence-corrected chi connectivity index (χ0v) is 9.57. The number of phenols is 1. The van der Waals surface area contributed by atoms with Crippen molar-refractivity contribution in [3.05, 3.63) is 28.3 Å². The fourth-order valence-corrected chi connectivity index (χ4v) is 2.46. The van der Waals surface area contributed by atoms with Crippen LogP contribution in [0.2, 0.25) is 5.02 Å². The lowest BCUT2D eigenvalue weighted by Gasteiger charge is -2.39. The third kappa shape index (κ3) is 2.09. The first-order chi connectivity index (χ1) is 7.74. The van der Waals surface area contributed by atoms with Crippen molar-refractivity contribution in [2.45, 2.75) is 31.0 Å². The van der Waals surface area contributed by atoms with Crippen LogP contribution in [0.3, 0.4) is 0 Å². The Hall–Kier alpha value is -0.940. The molecule has 3 N–H and O–H groups in total. The van der Waals surface area contributed by atoms with E-state index in [1.165, 1.54) is 0 Å². The van der Waals surface area contributed by atoms with Crippen molar-refractivity contribution < 1.29 is 18.3 Å². The van der Waals surface area contributed by atoms with Crippen molar-refractivity contribution >= 4 is 11.6 Å². The Balaban J connectivity index is 2.50. The quantitative estimate of drug-likeness (QED) is 0.817. The molecule has 1 aliphatic rings. The van der Waals surface area contributed by atoms with Crippen LogP contribution >= 0.6 is 11.6 Å². The molecule has 0 aromatic heterocycles. The normalized spacial score (nSPS) is 18.9. The van der Waals surface area contributed by atoms with Crippen molar-refractivity contribution in [2.24, 2.45) is 5.73 Å². The zero-order chi connectivity index (χ0) is 12.8. The van der Waals surface area contributed by atoms with Crippen LogP contribution in [0, 0.1) is 0 Å². The molecule has 17 heavy (non-hydrogen) atoms. The van der Waals surface area contributed by atoms with Gasteiger partial charge in [-0.25, -0.2) is 0 Å². The Kier molecular flexibility index (Phi) is 2.78. The maximum atomic E-state index is 12.5. The van der Waals surface area contributed by atoms with Gasteiger partial charge in [-0.1, -0.05) is 11.6 Å². The summed E-state index contributed by atoms with van der Waals surface area (Å²) in [6.45, 7) is 0. The van der Waals surface area contributed by atoms with Crippen molar-refractivity contribution in [2.75, 3.05) is 0 Å². The largest absolute Gasteiger partial charge is 0.508 e. The second kappa shape index (κ2) is 3.78. The molecule has 0 amide bonds. The van der Waals surface area contributed by atoms with Crippen LogP contribution in [0.25, 0.3) is 0 Å². The lowest BCUT2D eigenvalue weighted by Crippen LogP contribution is -2.43. The summed E-state index contributed by atoms with van der Waals surface area (Å²) in [4.78, 5) is 0. The van der Waals surface area contributed by atoms with E-state index in [4.69, 9.17) is 17.3 Å². The molecule has 1 aromatic rings. The number of alkyl halides is 3. The molecule has 94 valence electrons. The van der Waals surface area contributed by atoms with E-state index in [-0.39, 0.29) is 10.6 Å². The predicted molar refractivity (Wildman–Crippen MR) is 57.8 cm³/mol. The first kappa shape index (κ1) is 12.5. The molecule has 0 aliphatic heterocycles. The van der Waals surface area contributed by atoms with E-state index in [2.05, 4.69) is 0 Å². The van der Waals surface area contributed by atoms with Gasteiger partial charge >= 0.3 is 6.18 Å². The Morgan fingerprint density at radius 2 is 1.88 bits per heavy atom. The second-order valence-electron chi connectivity index (χ2n) is 4.36. The SMILES string of the molecule is NC1(c2c(O)cc(C(F)(F)F)cc2Cl)CCC1. The maximum Gasteiger partial charge on any atom is 0.416 e. The lowest BCUT2D eigenvalue weighted by atomic mass is 9.72. The summed E-state index contributed by atoms with van der Waals surface area (Å²) in [6, 6.07) is 1.48. The van der Waals surface area contributed by atoms with Gasteiger partial charge < -0.3 is 10.8 Å². The van der Waals surface area contributed by atoms with Gasteiger partial charge in [0.15, 0.2) is 0 Å². The van der Waals surface area contributed by atoms with Gasteiger partial charge in [-0.3, -0.25) is 0 Å². The minimum atomic E-state index is -4.53. The van der Waals surface area contributed by atoms with Crippen LogP contribution < -0.4 is 5.73 Å². The number of benzene rings is 1. The third-order valence-corrected chi connectivity index (χ3v) is 3.44. The summed E-state index contributed by atoms with van der Waals surface area (Å²) in [5, 5.41) is 9.55. The lowest BCUT2D eigenvalue weighted by molar-refractivity contribution is -0.137. The van der Waals surface area contributed by atoms with Crippen molar-refractivity contribution in [3.63, 3.8) is 0 Å². The highest BCUT2D eigenvalue weighted by Gasteiger charge is 2.40. The van der Waals surface area contributed by atoms with Gasteiger partial charge in [-0.15, -0.1) is 0 Å². The standard InChI is InChI=1S/C11H11ClF3NO/c12-7-4-6(11(13,14)15)5-8(17)9(7)10(16)2-1-3-10/h4-5,17H,1-3,16H2. The van der Waals surface area contributed by atoms with E-state index >= 15 is 0 Å². The van der Waals surface area contributed by atoms with E-state index in [9.17, 15) is 18.3 Å². The molecule has 0 heterocycles. The molecule has 0 radical (unpaired) electrons. The van der Waals surface area contributed by atoms with Crippen LogP contribution in [0.15, 0.2) is 12.1 Å². The highest BCUT2D eigenvalue weighted by atomic mass is 35.5. The molecular weight excluding hydrogens is 255 g/mol. The molecule has 1 fully saturated rings. The zero-order valence-electron chi connectivity index (χ0n) is 8.81. The van der Waals surface area contributed by atoms with E-state index in [1.54, 1.807) is 0 Å². The second-order valence-corrected chi connectivity index (χ2v) is 4.77. The Morgan fingerprint density at radius 3 is 2.24 bits per heavy atom. The highest BCUT2D eigenvalue weighted by Crippen LogP contribution is 2.47. The van der Waals surface area contributed by atoms with Crippen LogP contribution in [0.5, 0.6) is 5.75 Å². The van der Waals surface area contributed by atoms with E-state index in [0.29, 0.717) is 18.9 Å². The average molecular weight is 266 g/mol. The summed E-state index contributed by atoms with van der Waals surface area (Å²) in [5.41, 5.74) is 4.43. The summed E-state index contributed by atoms with van der Waals surface area (Å²) >= 11 is 5.80. The molecule has 6 heteroatoms. The summed E-state index contributed by atoms with van der Waals surface area (Å²) in [6.07, 6.45) is -2.41. The minimum Gasteiger partial charge on any atom is -0.508 e. The highest BCUT2D eigenvalue weighted by molar-refractivity contribution is 6.31. The Labute approximate surface area is 101 Å². The van der Waals surface area contributed by atoms with Gasteiger partial charge in [0.05, 0.1) is 5.56 Å². The number of hydrogen-bond donors (Lipinski definition) is 2. The van der Waals surface area contributed by atoms with Crippen molar-refractivity contribution in [3.8, 4) is 5.75 Å². The van der Waals surface area contributed by atoms with Crippen LogP contribution in [-0.2, 0) is 11.7 Å². The smallest absolute Gasteiger partial charge is 0.416 e. The molecule has 1 aliphatic carbocycles. The van der Waals surface area contributed by atoms with E-state index < -0.39 is 23.0 Å². The molecule has 2 nitrogen and oxygen atoms in total. The number of phenolic OH excluding ortho intramolecular Hbond substituents is 1. The average Bonchev–Trinajstić information content (AvgIpc) is 2.12.